The summed E-state index contributed by atoms with van der Waals surface area (Å²) < 4.78 is 26.8. The van der Waals surface area contributed by atoms with Gasteiger partial charge in [-0.3, -0.25) is 4.79 Å². The molecule has 0 aliphatic carbocycles. The van der Waals surface area contributed by atoms with Gasteiger partial charge in [0.2, 0.25) is 5.91 Å². The molecule has 0 aliphatic rings. The molecule has 2 unspecified atom stereocenters. The lowest BCUT2D eigenvalue weighted by Gasteiger charge is -2.19. The fourth-order valence-electron chi connectivity index (χ4n) is 1.57. The number of carbonyl (C=O) groups excluding carboxylic acids is 1. The number of nitrogen functional groups attached to an aromatic ring is 1. The Labute approximate surface area is 109 Å². The van der Waals surface area contributed by atoms with Gasteiger partial charge in [0.05, 0.1) is 11.8 Å². The summed E-state index contributed by atoms with van der Waals surface area (Å²) in [5.41, 5.74) is 4.43. The van der Waals surface area contributed by atoms with Crippen molar-refractivity contribution < 1.29 is 23.8 Å². The monoisotopic (exact) mass is 274 g/mol. The van der Waals surface area contributed by atoms with E-state index in [0.29, 0.717) is 0 Å². The molecule has 19 heavy (non-hydrogen) atoms. The third-order valence-electron chi connectivity index (χ3n) is 2.64. The van der Waals surface area contributed by atoms with Gasteiger partial charge < -0.3 is 21.3 Å². The predicted octanol–water partition coefficient (Wildman–Crippen LogP) is 0.467. The maximum atomic E-state index is 13.5. The van der Waals surface area contributed by atoms with E-state index in [0.717, 1.165) is 12.1 Å². The van der Waals surface area contributed by atoms with Gasteiger partial charge in [0.1, 0.15) is 6.10 Å². The SMILES string of the molecule is CC(=O)NCCC(O)C(O)c1ccc(N)c(F)c1F. The molecule has 5 N–H and O–H groups in total. The molecule has 0 saturated heterocycles. The number of nitrogens with one attached hydrogen (secondary N) is 1. The van der Waals surface area contributed by atoms with E-state index in [1.807, 2.05) is 0 Å². The Kier molecular flexibility index (Phi) is 5.20. The van der Waals surface area contributed by atoms with Crippen LogP contribution < -0.4 is 11.1 Å². The molecule has 5 nitrogen and oxygen atoms in total. The van der Waals surface area contributed by atoms with Crippen LogP contribution in [0.4, 0.5) is 14.5 Å². The Morgan fingerprint density at radius 3 is 2.58 bits per heavy atom. The zero-order valence-electron chi connectivity index (χ0n) is 10.4. The molecule has 1 aromatic rings. The summed E-state index contributed by atoms with van der Waals surface area (Å²) in [5.74, 6) is -2.83. The van der Waals surface area contributed by atoms with E-state index in [9.17, 15) is 23.8 Å². The first kappa shape index (κ1) is 15.3. The van der Waals surface area contributed by atoms with E-state index in [4.69, 9.17) is 5.73 Å². The van der Waals surface area contributed by atoms with E-state index in [-0.39, 0.29) is 30.1 Å². The number of halogens is 2. The number of hydrogen-bond acceptors (Lipinski definition) is 4. The Hall–Kier alpha value is -1.73. The second-order valence-electron chi connectivity index (χ2n) is 4.16. The van der Waals surface area contributed by atoms with Crippen LogP contribution in [-0.4, -0.2) is 28.8 Å². The van der Waals surface area contributed by atoms with Crippen LogP contribution in [0.2, 0.25) is 0 Å². The van der Waals surface area contributed by atoms with E-state index < -0.39 is 23.8 Å². The number of benzene rings is 1. The molecule has 7 heteroatoms. The Morgan fingerprint density at radius 1 is 1.37 bits per heavy atom. The normalized spacial score (nSPS) is 13.9. The first-order chi connectivity index (χ1) is 8.84. The molecule has 0 spiro atoms. The second kappa shape index (κ2) is 6.44. The summed E-state index contributed by atoms with van der Waals surface area (Å²) in [5, 5.41) is 21.8. The average molecular weight is 274 g/mol. The van der Waals surface area contributed by atoms with Crippen LogP contribution in [0.5, 0.6) is 0 Å². The van der Waals surface area contributed by atoms with Gasteiger partial charge in [-0.25, -0.2) is 8.78 Å². The van der Waals surface area contributed by atoms with Crippen LogP contribution in [0, 0.1) is 11.6 Å². The second-order valence-corrected chi connectivity index (χ2v) is 4.16. The van der Waals surface area contributed by atoms with Gasteiger partial charge in [0, 0.05) is 19.0 Å². The average Bonchev–Trinajstić information content (AvgIpc) is 2.35. The van der Waals surface area contributed by atoms with Gasteiger partial charge in [-0.05, 0) is 12.5 Å². The van der Waals surface area contributed by atoms with Gasteiger partial charge in [-0.15, -0.1) is 0 Å². The van der Waals surface area contributed by atoms with E-state index in [2.05, 4.69) is 5.32 Å². The van der Waals surface area contributed by atoms with Gasteiger partial charge in [0.25, 0.3) is 0 Å². The molecule has 0 bridgehead atoms. The minimum atomic E-state index is -1.59. The molecule has 1 rings (SSSR count). The van der Waals surface area contributed by atoms with Crippen molar-refractivity contribution in [1.29, 1.82) is 0 Å². The number of rotatable bonds is 5. The smallest absolute Gasteiger partial charge is 0.216 e. The van der Waals surface area contributed by atoms with Crippen LogP contribution in [-0.2, 0) is 4.79 Å². The quantitative estimate of drug-likeness (QED) is 0.587. The Balaban J connectivity index is 2.74. The summed E-state index contributed by atoms with van der Waals surface area (Å²) >= 11 is 0. The largest absolute Gasteiger partial charge is 0.396 e. The number of carbonyl (C=O) groups is 1. The molecule has 0 radical (unpaired) electrons. The molecular formula is C12H16F2N2O3. The Morgan fingerprint density at radius 2 is 2.00 bits per heavy atom. The van der Waals surface area contributed by atoms with Crippen molar-refractivity contribution in [1.82, 2.24) is 5.32 Å². The van der Waals surface area contributed by atoms with Crippen LogP contribution in [0.25, 0.3) is 0 Å². The maximum Gasteiger partial charge on any atom is 0.216 e. The molecule has 2 atom stereocenters. The van der Waals surface area contributed by atoms with Gasteiger partial charge >= 0.3 is 0 Å². The van der Waals surface area contributed by atoms with Crippen molar-refractivity contribution in [2.45, 2.75) is 25.6 Å². The van der Waals surface area contributed by atoms with E-state index >= 15 is 0 Å². The number of aliphatic hydroxyl groups is 2. The Bertz CT molecular complexity index is 469. The van der Waals surface area contributed by atoms with Gasteiger partial charge in [-0.2, -0.15) is 0 Å². The van der Waals surface area contributed by atoms with Crippen molar-refractivity contribution >= 4 is 11.6 Å². The van der Waals surface area contributed by atoms with Crippen LogP contribution >= 0.6 is 0 Å². The molecule has 0 saturated carbocycles. The lowest BCUT2D eigenvalue weighted by molar-refractivity contribution is -0.119. The maximum absolute atomic E-state index is 13.5. The number of aliphatic hydroxyl groups excluding tert-OH is 2. The number of nitrogens with two attached hydrogens (primary N) is 1. The number of amides is 1. The molecule has 1 amide bonds. The third kappa shape index (κ3) is 3.87. The zero-order chi connectivity index (χ0) is 14.6. The van der Waals surface area contributed by atoms with Crippen molar-refractivity contribution in [3.05, 3.63) is 29.3 Å². The molecular weight excluding hydrogens is 258 g/mol. The zero-order valence-corrected chi connectivity index (χ0v) is 10.4. The molecule has 0 aromatic heterocycles. The summed E-state index contributed by atoms with van der Waals surface area (Å²) in [4.78, 5) is 10.6. The number of anilines is 1. The lowest BCUT2D eigenvalue weighted by atomic mass is 10.0. The predicted molar refractivity (Wildman–Crippen MR) is 65.0 cm³/mol. The van der Waals surface area contributed by atoms with Crippen LogP contribution in [0.15, 0.2) is 12.1 Å². The van der Waals surface area contributed by atoms with Crippen molar-refractivity contribution in [2.24, 2.45) is 0 Å². The van der Waals surface area contributed by atoms with Crippen molar-refractivity contribution in [3.8, 4) is 0 Å². The van der Waals surface area contributed by atoms with Crippen LogP contribution in [0.1, 0.15) is 25.0 Å². The van der Waals surface area contributed by atoms with Crippen LogP contribution in [0.3, 0.4) is 0 Å². The minimum absolute atomic E-state index is 0.00613. The first-order valence-corrected chi connectivity index (χ1v) is 5.68. The van der Waals surface area contributed by atoms with Crippen molar-refractivity contribution in [3.63, 3.8) is 0 Å². The molecule has 1 aromatic carbocycles. The molecule has 0 aliphatic heterocycles. The fourth-order valence-corrected chi connectivity index (χ4v) is 1.57. The van der Waals surface area contributed by atoms with E-state index in [1.165, 1.54) is 6.92 Å². The summed E-state index contributed by atoms with van der Waals surface area (Å²) in [6, 6.07) is 2.22. The molecule has 106 valence electrons. The van der Waals surface area contributed by atoms with E-state index in [1.54, 1.807) is 0 Å². The fraction of sp³-hybridized carbons (Fsp3) is 0.417. The number of hydrogen-bond donors (Lipinski definition) is 4. The first-order valence-electron chi connectivity index (χ1n) is 5.68. The topological polar surface area (TPSA) is 95.6 Å². The minimum Gasteiger partial charge on any atom is -0.396 e. The standard InChI is InChI=1S/C12H16F2N2O3/c1-6(17)16-5-4-9(18)12(19)7-2-3-8(15)11(14)10(7)13/h2-3,9,12,18-19H,4-5,15H2,1H3,(H,16,17). The molecule has 0 fully saturated rings. The third-order valence-corrected chi connectivity index (χ3v) is 2.64. The van der Waals surface area contributed by atoms with Gasteiger partial charge in [-0.1, -0.05) is 6.07 Å². The summed E-state index contributed by atoms with van der Waals surface area (Å²) in [6.45, 7) is 1.42. The highest BCUT2D eigenvalue weighted by Gasteiger charge is 2.24. The summed E-state index contributed by atoms with van der Waals surface area (Å²) in [6.07, 6.45) is -2.92. The highest BCUT2D eigenvalue weighted by atomic mass is 19.2. The lowest BCUT2D eigenvalue weighted by Crippen LogP contribution is -2.28. The summed E-state index contributed by atoms with van der Waals surface area (Å²) in [7, 11) is 0. The van der Waals surface area contributed by atoms with Gasteiger partial charge in [0.15, 0.2) is 11.6 Å². The van der Waals surface area contributed by atoms with Crippen molar-refractivity contribution in [2.75, 3.05) is 12.3 Å². The highest BCUT2D eigenvalue weighted by Crippen LogP contribution is 2.26. The highest BCUT2D eigenvalue weighted by molar-refractivity contribution is 5.72. The molecule has 0 heterocycles.